The van der Waals surface area contributed by atoms with Crippen molar-refractivity contribution in [1.29, 1.82) is 0 Å². The van der Waals surface area contributed by atoms with Gasteiger partial charge >= 0.3 is 10.2 Å². The average molecular weight is 365 g/mol. The highest BCUT2D eigenvalue weighted by Gasteiger charge is 2.41. The maximum Gasteiger partial charge on any atom is 0.331 e. The predicted octanol–water partition coefficient (Wildman–Crippen LogP) is 2.00. The lowest BCUT2D eigenvalue weighted by molar-refractivity contribution is 0.292. The van der Waals surface area contributed by atoms with Crippen molar-refractivity contribution in [2.45, 2.75) is 6.42 Å². The van der Waals surface area contributed by atoms with Gasteiger partial charge in [0, 0.05) is 13.1 Å². The molecule has 1 aliphatic heterocycles. The van der Waals surface area contributed by atoms with Crippen molar-refractivity contribution in [1.82, 2.24) is 5.32 Å². The van der Waals surface area contributed by atoms with E-state index >= 15 is 0 Å². The molecule has 8 heteroatoms. The molecular formula is C17H20FN3O3S. The number of para-hydroxylation sites is 3. The molecule has 0 unspecified atom stereocenters. The van der Waals surface area contributed by atoms with Crippen molar-refractivity contribution in [3.8, 4) is 0 Å². The molecule has 0 fully saturated rings. The van der Waals surface area contributed by atoms with Crippen LogP contribution >= 0.6 is 0 Å². The molecule has 6 nitrogen and oxygen atoms in total. The van der Waals surface area contributed by atoms with Crippen LogP contribution in [0.5, 0.6) is 0 Å². The number of aliphatic hydroxyl groups is 1. The summed E-state index contributed by atoms with van der Waals surface area (Å²) in [6.45, 7) is 1.34. The zero-order valence-corrected chi connectivity index (χ0v) is 14.4. The number of anilines is 3. The Bertz CT molecular complexity index is 845. The van der Waals surface area contributed by atoms with Crippen molar-refractivity contribution in [3.05, 3.63) is 54.3 Å². The van der Waals surface area contributed by atoms with E-state index in [0.29, 0.717) is 30.9 Å². The Labute approximate surface area is 146 Å². The first-order valence-corrected chi connectivity index (χ1v) is 9.45. The van der Waals surface area contributed by atoms with Gasteiger partial charge in [-0.1, -0.05) is 24.3 Å². The Morgan fingerprint density at radius 2 is 1.60 bits per heavy atom. The van der Waals surface area contributed by atoms with E-state index in [0.717, 1.165) is 4.31 Å². The molecule has 25 heavy (non-hydrogen) atoms. The molecule has 0 spiro atoms. The van der Waals surface area contributed by atoms with Crippen LogP contribution in [0.1, 0.15) is 6.42 Å². The summed E-state index contributed by atoms with van der Waals surface area (Å²) in [6, 6.07) is 12.7. The number of hydrogen-bond acceptors (Lipinski definition) is 4. The second-order valence-electron chi connectivity index (χ2n) is 5.61. The van der Waals surface area contributed by atoms with Crippen LogP contribution in [0.3, 0.4) is 0 Å². The minimum atomic E-state index is -3.91. The number of nitrogens with one attached hydrogen (secondary N) is 1. The van der Waals surface area contributed by atoms with Crippen molar-refractivity contribution in [2.24, 2.45) is 0 Å². The highest BCUT2D eigenvalue weighted by Crippen LogP contribution is 2.45. The Kier molecular flexibility index (Phi) is 5.22. The van der Waals surface area contributed by atoms with Crippen LogP contribution in [-0.4, -0.2) is 39.8 Å². The average Bonchev–Trinajstić information content (AvgIpc) is 2.82. The summed E-state index contributed by atoms with van der Waals surface area (Å²) < 4.78 is 42.7. The summed E-state index contributed by atoms with van der Waals surface area (Å²) in [6.07, 6.45) is 0.568. The van der Waals surface area contributed by atoms with E-state index in [1.165, 1.54) is 22.5 Å². The van der Waals surface area contributed by atoms with E-state index in [2.05, 4.69) is 5.32 Å². The van der Waals surface area contributed by atoms with Crippen LogP contribution in [0, 0.1) is 5.82 Å². The quantitative estimate of drug-likeness (QED) is 0.736. The molecule has 134 valence electrons. The fourth-order valence-corrected chi connectivity index (χ4v) is 4.61. The van der Waals surface area contributed by atoms with Gasteiger partial charge in [0.05, 0.1) is 23.7 Å². The summed E-state index contributed by atoms with van der Waals surface area (Å²) in [4.78, 5) is 0. The summed E-state index contributed by atoms with van der Waals surface area (Å²) in [7, 11) is -3.91. The highest BCUT2D eigenvalue weighted by molar-refractivity contribution is 7.95. The van der Waals surface area contributed by atoms with Crippen LogP contribution in [0.15, 0.2) is 48.5 Å². The predicted molar refractivity (Wildman–Crippen MR) is 95.8 cm³/mol. The Hall–Kier alpha value is -2.16. The smallest absolute Gasteiger partial charge is 0.331 e. The molecular weight excluding hydrogens is 345 g/mol. The zero-order valence-electron chi connectivity index (χ0n) is 13.6. The van der Waals surface area contributed by atoms with Crippen LogP contribution in [-0.2, 0) is 10.2 Å². The number of aliphatic hydroxyl groups excluding tert-OH is 1. The van der Waals surface area contributed by atoms with Crippen LogP contribution in [0.2, 0.25) is 0 Å². The minimum absolute atomic E-state index is 0.0101. The fourth-order valence-electron chi connectivity index (χ4n) is 2.85. The maximum atomic E-state index is 14.2. The number of hydrogen-bond donors (Lipinski definition) is 2. The van der Waals surface area contributed by atoms with Crippen molar-refractivity contribution in [2.75, 3.05) is 34.9 Å². The lowest BCUT2D eigenvalue weighted by atomic mass is 10.2. The molecule has 0 atom stereocenters. The third kappa shape index (κ3) is 3.33. The van der Waals surface area contributed by atoms with E-state index in [4.69, 9.17) is 5.11 Å². The highest BCUT2D eigenvalue weighted by atomic mass is 32.2. The van der Waals surface area contributed by atoms with Gasteiger partial charge in [0.2, 0.25) is 0 Å². The van der Waals surface area contributed by atoms with Gasteiger partial charge in [-0.25, -0.2) is 8.70 Å². The Balaban J connectivity index is 1.93. The summed E-state index contributed by atoms with van der Waals surface area (Å²) in [5, 5.41) is 11.8. The minimum Gasteiger partial charge on any atom is -0.395 e. The molecule has 1 aliphatic rings. The van der Waals surface area contributed by atoms with E-state index < -0.39 is 16.0 Å². The molecule has 0 saturated carbocycles. The van der Waals surface area contributed by atoms with E-state index in [1.807, 2.05) is 0 Å². The maximum absolute atomic E-state index is 14.2. The van der Waals surface area contributed by atoms with Gasteiger partial charge in [0.25, 0.3) is 0 Å². The van der Waals surface area contributed by atoms with Crippen molar-refractivity contribution < 1.29 is 17.9 Å². The van der Waals surface area contributed by atoms with Gasteiger partial charge in [-0.15, -0.1) is 0 Å². The van der Waals surface area contributed by atoms with Crippen LogP contribution in [0.25, 0.3) is 0 Å². The van der Waals surface area contributed by atoms with Gasteiger partial charge in [-0.2, -0.15) is 8.42 Å². The van der Waals surface area contributed by atoms with Gasteiger partial charge in [0.15, 0.2) is 0 Å². The first-order valence-electron chi connectivity index (χ1n) is 8.05. The number of benzene rings is 2. The number of halogens is 1. The summed E-state index contributed by atoms with van der Waals surface area (Å²) in [5.41, 5.74) is 0.986. The van der Waals surface area contributed by atoms with E-state index in [-0.39, 0.29) is 18.8 Å². The second kappa shape index (κ2) is 7.38. The Morgan fingerprint density at radius 3 is 2.28 bits per heavy atom. The van der Waals surface area contributed by atoms with Gasteiger partial charge in [0.1, 0.15) is 5.82 Å². The van der Waals surface area contributed by atoms with Gasteiger partial charge < -0.3 is 10.4 Å². The topological polar surface area (TPSA) is 72.9 Å². The molecule has 1 heterocycles. The number of rotatable bonds is 7. The SMILES string of the molecule is O=S1(=O)N(CCCNCCO)c2ccccc2N1c1ccccc1F. The number of nitrogens with zero attached hydrogens (tertiary/aromatic N) is 2. The van der Waals surface area contributed by atoms with Crippen molar-refractivity contribution in [3.63, 3.8) is 0 Å². The van der Waals surface area contributed by atoms with Crippen molar-refractivity contribution >= 4 is 27.3 Å². The molecule has 2 aromatic rings. The normalized spacial score (nSPS) is 15.4. The summed E-state index contributed by atoms with van der Waals surface area (Å²) in [5.74, 6) is -0.590. The fraction of sp³-hybridized carbons (Fsp3) is 0.294. The van der Waals surface area contributed by atoms with Gasteiger partial charge in [-0.05, 0) is 37.2 Å². The molecule has 0 saturated heterocycles. The molecule has 0 aliphatic carbocycles. The number of fused-ring (bicyclic) bond motifs is 1. The molecule has 2 N–H and O–H groups in total. The molecule has 0 amide bonds. The third-order valence-electron chi connectivity index (χ3n) is 3.95. The van der Waals surface area contributed by atoms with Crippen LogP contribution < -0.4 is 13.9 Å². The molecule has 2 aromatic carbocycles. The summed E-state index contributed by atoms with van der Waals surface area (Å²) >= 11 is 0. The molecule has 3 rings (SSSR count). The molecule has 0 bridgehead atoms. The Morgan fingerprint density at radius 1 is 0.960 bits per heavy atom. The second-order valence-corrected chi connectivity index (χ2v) is 7.31. The lowest BCUT2D eigenvalue weighted by Crippen LogP contribution is -2.37. The van der Waals surface area contributed by atoms with Gasteiger partial charge in [-0.3, -0.25) is 4.31 Å². The first kappa shape index (κ1) is 17.7. The zero-order chi connectivity index (χ0) is 17.9. The van der Waals surface area contributed by atoms with E-state index in [9.17, 15) is 12.8 Å². The largest absolute Gasteiger partial charge is 0.395 e. The standard InChI is InChI=1S/C17H20FN3O3S/c18-14-6-1-2-7-15(14)21-17-9-4-3-8-16(17)20(25(21,23)24)12-5-10-19-11-13-22/h1-4,6-9,19,22H,5,10-13H2. The first-order chi connectivity index (χ1) is 12.1. The van der Waals surface area contributed by atoms with Crippen LogP contribution in [0.4, 0.5) is 21.5 Å². The monoisotopic (exact) mass is 365 g/mol. The lowest BCUT2D eigenvalue weighted by Gasteiger charge is -2.22. The molecule has 0 aromatic heterocycles. The van der Waals surface area contributed by atoms with E-state index in [1.54, 1.807) is 30.3 Å². The third-order valence-corrected chi connectivity index (χ3v) is 5.74. The molecule has 0 radical (unpaired) electrons.